The van der Waals surface area contributed by atoms with Gasteiger partial charge in [0.15, 0.2) is 5.43 Å². The highest BCUT2D eigenvalue weighted by molar-refractivity contribution is 7.88. The van der Waals surface area contributed by atoms with E-state index in [1.54, 1.807) is 0 Å². The van der Waals surface area contributed by atoms with Gasteiger partial charge in [0.05, 0.1) is 10.9 Å². The van der Waals surface area contributed by atoms with E-state index in [-0.39, 0.29) is 22.1 Å². The van der Waals surface area contributed by atoms with Crippen molar-refractivity contribution in [2.24, 2.45) is 0 Å². The zero-order chi connectivity index (χ0) is 24.8. The minimum Gasteiger partial charge on any atom is -0.463 e. The van der Waals surface area contributed by atoms with Crippen LogP contribution in [0.25, 0.3) is 22.1 Å². The van der Waals surface area contributed by atoms with Crippen molar-refractivity contribution >= 4 is 31.2 Å². The van der Waals surface area contributed by atoms with Crippen molar-refractivity contribution in [1.29, 1.82) is 0 Å². The Hall–Kier alpha value is -3.27. The molecule has 0 bridgehead atoms. The van der Waals surface area contributed by atoms with Crippen molar-refractivity contribution in [2.75, 3.05) is 0 Å². The van der Waals surface area contributed by atoms with Gasteiger partial charge in [-0.1, -0.05) is 12.1 Å². The predicted molar refractivity (Wildman–Crippen MR) is 99.1 cm³/mol. The fourth-order valence-electron chi connectivity index (χ4n) is 2.40. The van der Waals surface area contributed by atoms with Gasteiger partial charge in [0.25, 0.3) is 0 Å². The van der Waals surface area contributed by atoms with Gasteiger partial charge in [-0.05, 0) is 29.8 Å². The fraction of sp³-hybridized carbons (Fsp3) is 0.118. The molecule has 2 aromatic carbocycles. The van der Waals surface area contributed by atoms with Crippen molar-refractivity contribution in [2.45, 2.75) is 11.0 Å². The Morgan fingerprint density at radius 3 is 1.73 bits per heavy atom. The van der Waals surface area contributed by atoms with E-state index >= 15 is 0 Å². The Bertz CT molecular complexity index is 1470. The first kappa shape index (κ1) is 24.4. The topological polar surface area (TPSA) is 117 Å². The summed E-state index contributed by atoms with van der Waals surface area (Å²) in [6.07, 6.45) is 0.856. The second kappa shape index (κ2) is 7.95. The summed E-state index contributed by atoms with van der Waals surface area (Å²) in [5.74, 6) is -1.46. The standard InChI is InChI=1S/C17H8F6O8S2/c18-16(19,20)32(25,26)30-10-3-1-9(2-4-10)13-8-29-14-7-11(5-6-12(14)15(13)24)31-33(27,28)17(21,22)23/h1-8H. The molecule has 1 aromatic heterocycles. The van der Waals surface area contributed by atoms with Crippen molar-refractivity contribution < 1.29 is 56.0 Å². The van der Waals surface area contributed by atoms with Gasteiger partial charge in [-0.3, -0.25) is 4.79 Å². The number of hydrogen-bond acceptors (Lipinski definition) is 8. The highest BCUT2D eigenvalue weighted by atomic mass is 32.2. The summed E-state index contributed by atoms with van der Waals surface area (Å²) in [6.45, 7) is 0. The van der Waals surface area contributed by atoms with Crippen LogP contribution in [0.3, 0.4) is 0 Å². The van der Waals surface area contributed by atoms with Crippen LogP contribution in [0.4, 0.5) is 26.3 Å². The highest BCUT2D eigenvalue weighted by Crippen LogP contribution is 2.30. The summed E-state index contributed by atoms with van der Waals surface area (Å²) in [5.41, 5.74) is -12.5. The summed E-state index contributed by atoms with van der Waals surface area (Å²) in [7, 11) is -11.8. The molecule has 3 rings (SSSR count). The number of hydrogen-bond donors (Lipinski definition) is 0. The average molecular weight is 518 g/mol. The molecule has 0 saturated heterocycles. The third-order valence-corrected chi connectivity index (χ3v) is 5.85. The Labute approximate surface area is 180 Å². The van der Waals surface area contributed by atoms with Crippen LogP contribution < -0.4 is 13.8 Å². The molecule has 1 heterocycles. The van der Waals surface area contributed by atoms with Crippen molar-refractivity contribution in [3.8, 4) is 22.6 Å². The Morgan fingerprint density at radius 1 is 0.727 bits per heavy atom. The summed E-state index contributed by atoms with van der Waals surface area (Å²) in [6, 6.07) is 6.29. The number of rotatable bonds is 5. The van der Waals surface area contributed by atoms with Gasteiger partial charge in [-0.15, -0.1) is 0 Å². The zero-order valence-corrected chi connectivity index (χ0v) is 17.1. The Kier molecular flexibility index (Phi) is 5.87. The van der Waals surface area contributed by atoms with E-state index in [2.05, 4.69) is 8.37 Å². The first-order valence-electron chi connectivity index (χ1n) is 8.19. The van der Waals surface area contributed by atoms with Crippen LogP contribution in [0.5, 0.6) is 11.5 Å². The van der Waals surface area contributed by atoms with Crippen molar-refractivity contribution in [1.82, 2.24) is 0 Å². The second-order valence-electron chi connectivity index (χ2n) is 6.13. The van der Waals surface area contributed by atoms with E-state index in [1.165, 1.54) is 0 Å². The van der Waals surface area contributed by atoms with E-state index in [4.69, 9.17) is 4.42 Å². The first-order chi connectivity index (χ1) is 15.0. The molecule has 0 aliphatic rings. The molecule has 0 unspecified atom stereocenters. The van der Waals surface area contributed by atoms with Crippen LogP contribution in [-0.2, 0) is 20.2 Å². The number of halogens is 6. The lowest BCUT2D eigenvalue weighted by Gasteiger charge is -2.10. The predicted octanol–water partition coefficient (Wildman–Crippen LogP) is 3.92. The van der Waals surface area contributed by atoms with Gasteiger partial charge in [0, 0.05) is 6.07 Å². The zero-order valence-electron chi connectivity index (χ0n) is 15.5. The number of fused-ring (bicyclic) bond motifs is 1. The molecule has 178 valence electrons. The molecule has 3 aromatic rings. The molecule has 0 radical (unpaired) electrons. The van der Waals surface area contributed by atoms with E-state index in [0.717, 1.165) is 48.7 Å². The molecule has 0 aliphatic heterocycles. The van der Waals surface area contributed by atoms with Gasteiger partial charge in [-0.25, -0.2) is 0 Å². The van der Waals surface area contributed by atoms with Crippen LogP contribution >= 0.6 is 0 Å². The Balaban J connectivity index is 1.93. The summed E-state index contributed by atoms with van der Waals surface area (Å²) < 4.78 is 132. The van der Waals surface area contributed by atoms with E-state index < -0.39 is 48.2 Å². The SMILES string of the molecule is O=c1c(-c2ccc(OS(=O)(=O)C(F)(F)F)cc2)coc2cc(OS(=O)(=O)C(F)(F)F)ccc12. The molecular weight excluding hydrogens is 510 g/mol. The monoisotopic (exact) mass is 518 g/mol. The molecule has 0 atom stereocenters. The molecule has 0 N–H and O–H groups in total. The number of benzene rings is 2. The molecule has 16 heteroatoms. The highest BCUT2D eigenvalue weighted by Gasteiger charge is 2.49. The minimum absolute atomic E-state index is 0.0717. The van der Waals surface area contributed by atoms with Crippen LogP contribution in [0.1, 0.15) is 0 Å². The third-order valence-electron chi connectivity index (χ3n) is 3.89. The quantitative estimate of drug-likeness (QED) is 0.284. The molecular formula is C17H8F6O8S2. The average Bonchev–Trinajstić information content (AvgIpc) is 2.67. The smallest absolute Gasteiger partial charge is 0.463 e. The molecule has 0 aliphatic carbocycles. The maximum atomic E-state index is 12.7. The lowest BCUT2D eigenvalue weighted by Crippen LogP contribution is -2.28. The van der Waals surface area contributed by atoms with Gasteiger partial charge in [0.2, 0.25) is 0 Å². The lowest BCUT2D eigenvalue weighted by molar-refractivity contribution is -0.0504. The Morgan fingerprint density at radius 2 is 1.21 bits per heavy atom. The fourth-order valence-corrected chi connectivity index (χ4v) is 3.31. The first-order valence-corrected chi connectivity index (χ1v) is 11.0. The third kappa shape index (κ3) is 4.90. The van der Waals surface area contributed by atoms with Gasteiger partial charge in [-0.2, -0.15) is 43.2 Å². The molecule has 8 nitrogen and oxygen atoms in total. The number of alkyl halides is 6. The second-order valence-corrected chi connectivity index (χ2v) is 9.20. The van der Waals surface area contributed by atoms with Crippen LogP contribution in [0, 0.1) is 0 Å². The largest absolute Gasteiger partial charge is 0.534 e. The van der Waals surface area contributed by atoms with Crippen LogP contribution in [-0.4, -0.2) is 27.9 Å². The summed E-state index contributed by atoms with van der Waals surface area (Å²) in [5, 5.41) is -0.191. The van der Waals surface area contributed by atoms with Gasteiger partial charge >= 0.3 is 31.3 Å². The van der Waals surface area contributed by atoms with E-state index in [1.807, 2.05) is 0 Å². The van der Waals surface area contributed by atoms with Gasteiger partial charge < -0.3 is 12.8 Å². The van der Waals surface area contributed by atoms with Gasteiger partial charge in [0.1, 0.15) is 23.3 Å². The maximum Gasteiger partial charge on any atom is 0.534 e. The normalized spacial score (nSPS) is 13.2. The summed E-state index contributed by atoms with van der Waals surface area (Å²) in [4.78, 5) is 12.7. The molecule has 0 saturated carbocycles. The minimum atomic E-state index is -5.95. The lowest BCUT2D eigenvalue weighted by atomic mass is 10.1. The van der Waals surface area contributed by atoms with Crippen molar-refractivity contribution in [3.63, 3.8) is 0 Å². The maximum absolute atomic E-state index is 12.7. The summed E-state index contributed by atoms with van der Waals surface area (Å²) >= 11 is 0. The molecule has 33 heavy (non-hydrogen) atoms. The van der Waals surface area contributed by atoms with Crippen LogP contribution in [0.15, 0.2) is 57.9 Å². The molecule has 0 fully saturated rings. The molecule has 0 amide bonds. The van der Waals surface area contributed by atoms with Crippen molar-refractivity contribution in [3.05, 3.63) is 59.0 Å². The van der Waals surface area contributed by atoms with E-state index in [9.17, 15) is 48.0 Å². The van der Waals surface area contributed by atoms with E-state index in [0.29, 0.717) is 0 Å². The van der Waals surface area contributed by atoms with Crippen LogP contribution in [0.2, 0.25) is 0 Å². The molecule has 0 spiro atoms.